The summed E-state index contributed by atoms with van der Waals surface area (Å²) in [6, 6.07) is 9.91. The summed E-state index contributed by atoms with van der Waals surface area (Å²) in [6.45, 7) is 0.531. The van der Waals surface area contributed by atoms with Crippen LogP contribution >= 0.6 is 15.9 Å². The normalized spacial score (nSPS) is 10.2. The highest BCUT2D eigenvalue weighted by Crippen LogP contribution is 2.18. The first kappa shape index (κ1) is 11.7. The summed E-state index contributed by atoms with van der Waals surface area (Å²) in [7, 11) is 0. The van der Waals surface area contributed by atoms with Crippen LogP contribution in [0, 0.1) is 10.1 Å². The number of hydrogen-bond donors (Lipinski definition) is 1. The zero-order chi connectivity index (χ0) is 12.3. The molecule has 0 aliphatic rings. The summed E-state index contributed by atoms with van der Waals surface area (Å²) >= 11 is 3.21. The van der Waals surface area contributed by atoms with Gasteiger partial charge in [0.1, 0.15) is 5.76 Å². The minimum absolute atomic E-state index is 0.0799. The van der Waals surface area contributed by atoms with Crippen molar-refractivity contribution in [3.05, 3.63) is 56.9 Å². The number of anilines is 1. The number of nitro groups is 1. The molecule has 1 heterocycles. The largest absolute Gasteiger partial charge is 0.452 e. The van der Waals surface area contributed by atoms with E-state index in [2.05, 4.69) is 21.2 Å². The molecule has 0 aliphatic carbocycles. The lowest BCUT2D eigenvalue weighted by Gasteiger charge is -2.03. The van der Waals surface area contributed by atoms with Gasteiger partial charge >= 0.3 is 0 Å². The Morgan fingerprint density at radius 1 is 1.24 bits per heavy atom. The third kappa shape index (κ3) is 3.07. The quantitative estimate of drug-likeness (QED) is 0.692. The van der Waals surface area contributed by atoms with Crippen LogP contribution in [0.2, 0.25) is 0 Å². The van der Waals surface area contributed by atoms with E-state index < -0.39 is 4.92 Å². The molecule has 88 valence electrons. The number of nitro benzene ring substituents is 1. The monoisotopic (exact) mass is 296 g/mol. The molecule has 0 amide bonds. The highest BCUT2D eigenvalue weighted by Gasteiger charge is 2.04. The van der Waals surface area contributed by atoms with Crippen molar-refractivity contribution in [3.63, 3.8) is 0 Å². The third-order valence-corrected chi connectivity index (χ3v) is 2.60. The van der Waals surface area contributed by atoms with Gasteiger partial charge in [-0.05, 0) is 40.2 Å². The number of rotatable bonds is 4. The predicted octanol–water partition coefficient (Wildman–Crippen LogP) is 3.56. The highest BCUT2D eigenvalue weighted by atomic mass is 79.9. The van der Waals surface area contributed by atoms with Gasteiger partial charge in [-0.1, -0.05) is 0 Å². The van der Waals surface area contributed by atoms with E-state index in [9.17, 15) is 10.1 Å². The van der Waals surface area contributed by atoms with Gasteiger partial charge in [0, 0.05) is 17.8 Å². The smallest absolute Gasteiger partial charge is 0.269 e. The van der Waals surface area contributed by atoms with Gasteiger partial charge in [0.05, 0.1) is 11.5 Å². The first-order chi connectivity index (χ1) is 8.15. The maximum atomic E-state index is 10.5. The molecule has 0 aliphatic heterocycles. The lowest BCUT2D eigenvalue weighted by atomic mass is 10.3. The number of nitrogens with one attached hydrogen (secondary N) is 1. The second-order valence-electron chi connectivity index (χ2n) is 3.36. The van der Waals surface area contributed by atoms with Crippen molar-refractivity contribution in [2.24, 2.45) is 0 Å². The van der Waals surface area contributed by atoms with Crippen molar-refractivity contribution in [2.75, 3.05) is 5.32 Å². The maximum absolute atomic E-state index is 10.5. The lowest BCUT2D eigenvalue weighted by Crippen LogP contribution is -1.98. The molecule has 1 N–H and O–H groups in total. The van der Waals surface area contributed by atoms with Gasteiger partial charge in [0.25, 0.3) is 5.69 Å². The van der Waals surface area contributed by atoms with Crippen molar-refractivity contribution in [3.8, 4) is 0 Å². The molecule has 0 spiro atoms. The average molecular weight is 297 g/mol. The molecule has 0 saturated carbocycles. The Morgan fingerprint density at radius 3 is 2.47 bits per heavy atom. The zero-order valence-corrected chi connectivity index (χ0v) is 10.3. The topological polar surface area (TPSA) is 68.3 Å². The van der Waals surface area contributed by atoms with Crippen LogP contribution in [0.25, 0.3) is 0 Å². The molecule has 5 nitrogen and oxygen atoms in total. The number of nitrogens with zero attached hydrogens (tertiary/aromatic N) is 1. The minimum Gasteiger partial charge on any atom is -0.452 e. The second kappa shape index (κ2) is 5.01. The molecule has 6 heteroatoms. The van der Waals surface area contributed by atoms with Crippen LogP contribution < -0.4 is 5.32 Å². The van der Waals surface area contributed by atoms with E-state index >= 15 is 0 Å². The third-order valence-electron chi connectivity index (χ3n) is 2.17. The fourth-order valence-electron chi connectivity index (χ4n) is 1.34. The molecule has 0 atom stereocenters. The van der Waals surface area contributed by atoms with Crippen molar-refractivity contribution >= 4 is 27.3 Å². The fraction of sp³-hybridized carbons (Fsp3) is 0.0909. The summed E-state index contributed by atoms with van der Waals surface area (Å²) < 4.78 is 5.99. The lowest BCUT2D eigenvalue weighted by molar-refractivity contribution is -0.384. The Labute approximate surface area is 106 Å². The molecule has 17 heavy (non-hydrogen) atoms. The van der Waals surface area contributed by atoms with Gasteiger partial charge in [-0.15, -0.1) is 0 Å². The Morgan fingerprint density at radius 2 is 1.94 bits per heavy atom. The van der Waals surface area contributed by atoms with E-state index in [0.29, 0.717) is 11.2 Å². The van der Waals surface area contributed by atoms with E-state index in [1.807, 2.05) is 12.1 Å². The Kier molecular flexibility index (Phi) is 3.43. The van der Waals surface area contributed by atoms with Gasteiger partial charge in [0.15, 0.2) is 4.67 Å². The summed E-state index contributed by atoms with van der Waals surface area (Å²) in [4.78, 5) is 10.0. The Hall–Kier alpha value is -1.82. The van der Waals surface area contributed by atoms with Crippen molar-refractivity contribution < 1.29 is 9.34 Å². The first-order valence-corrected chi connectivity index (χ1v) is 5.67. The van der Waals surface area contributed by atoms with Crippen molar-refractivity contribution in [1.82, 2.24) is 0 Å². The molecular formula is C11H9BrN2O3. The zero-order valence-electron chi connectivity index (χ0n) is 8.72. The van der Waals surface area contributed by atoms with Crippen LogP contribution in [-0.4, -0.2) is 4.92 Å². The van der Waals surface area contributed by atoms with E-state index in [-0.39, 0.29) is 5.69 Å². The van der Waals surface area contributed by atoms with Gasteiger partial charge in [0.2, 0.25) is 0 Å². The van der Waals surface area contributed by atoms with E-state index in [0.717, 1.165) is 11.4 Å². The van der Waals surface area contributed by atoms with E-state index in [1.54, 1.807) is 12.1 Å². The molecule has 1 aromatic carbocycles. The summed E-state index contributed by atoms with van der Waals surface area (Å²) in [6.07, 6.45) is 0. The molecule has 0 saturated heterocycles. The number of hydrogen-bond acceptors (Lipinski definition) is 4. The van der Waals surface area contributed by atoms with Crippen LogP contribution in [0.1, 0.15) is 5.76 Å². The first-order valence-electron chi connectivity index (χ1n) is 4.88. The molecule has 1 aromatic heterocycles. The Bertz CT molecular complexity index is 522. The standard InChI is InChI=1S/C11H9BrN2O3/c12-11-6-5-10(17-11)7-13-8-1-3-9(4-2-8)14(15)16/h1-6,13H,7H2. The van der Waals surface area contributed by atoms with Crippen molar-refractivity contribution in [2.45, 2.75) is 6.54 Å². The van der Waals surface area contributed by atoms with Crippen LogP contribution in [0.3, 0.4) is 0 Å². The second-order valence-corrected chi connectivity index (χ2v) is 4.14. The van der Waals surface area contributed by atoms with Crippen LogP contribution in [0.5, 0.6) is 0 Å². The number of benzene rings is 1. The molecule has 2 rings (SSSR count). The molecule has 0 radical (unpaired) electrons. The van der Waals surface area contributed by atoms with Gasteiger partial charge < -0.3 is 9.73 Å². The molecule has 0 fully saturated rings. The number of furan rings is 1. The Balaban J connectivity index is 1.97. The molecule has 2 aromatic rings. The predicted molar refractivity (Wildman–Crippen MR) is 66.8 cm³/mol. The van der Waals surface area contributed by atoms with E-state index in [1.165, 1.54) is 12.1 Å². The number of halogens is 1. The average Bonchev–Trinajstić information content (AvgIpc) is 2.73. The molecule has 0 bridgehead atoms. The molecular weight excluding hydrogens is 288 g/mol. The van der Waals surface area contributed by atoms with E-state index in [4.69, 9.17) is 4.42 Å². The van der Waals surface area contributed by atoms with Gasteiger partial charge in [-0.25, -0.2) is 0 Å². The highest BCUT2D eigenvalue weighted by molar-refractivity contribution is 9.10. The van der Waals surface area contributed by atoms with Crippen LogP contribution in [-0.2, 0) is 6.54 Å². The number of non-ortho nitro benzene ring substituents is 1. The summed E-state index contributed by atoms with van der Waals surface area (Å²) in [5, 5.41) is 13.6. The van der Waals surface area contributed by atoms with Gasteiger partial charge in [-0.3, -0.25) is 10.1 Å². The maximum Gasteiger partial charge on any atom is 0.269 e. The van der Waals surface area contributed by atoms with Crippen molar-refractivity contribution in [1.29, 1.82) is 0 Å². The fourth-order valence-corrected chi connectivity index (χ4v) is 1.68. The molecule has 0 unspecified atom stereocenters. The van der Waals surface area contributed by atoms with Crippen LogP contribution in [0.15, 0.2) is 45.5 Å². The SMILES string of the molecule is O=[N+]([O-])c1ccc(NCc2ccc(Br)o2)cc1. The minimum atomic E-state index is -0.423. The summed E-state index contributed by atoms with van der Waals surface area (Å²) in [5.41, 5.74) is 0.888. The summed E-state index contributed by atoms with van der Waals surface area (Å²) in [5.74, 6) is 0.787. The van der Waals surface area contributed by atoms with Gasteiger partial charge in [-0.2, -0.15) is 0 Å². The van der Waals surface area contributed by atoms with Crippen LogP contribution in [0.4, 0.5) is 11.4 Å².